The van der Waals surface area contributed by atoms with Gasteiger partial charge in [0.1, 0.15) is 0 Å². The molecule has 0 aromatic rings. The van der Waals surface area contributed by atoms with Crippen molar-refractivity contribution >= 4 is 0 Å². The van der Waals surface area contributed by atoms with Crippen LogP contribution in [0.1, 0.15) is 39.0 Å². The second-order valence-corrected chi connectivity index (χ2v) is 4.08. The van der Waals surface area contributed by atoms with Crippen molar-refractivity contribution in [1.29, 1.82) is 0 Å². The first-order valence-corrected chi connectivity index (χ1v) is 5.29. The van der Waals surface area contributed by atoms with Gasteiger partial charge in [0.2, 0.25) is 0 Å². The smallest absolute Gasteiger partial charge is 0.0137 e. The summed E-state index contributed by atoms with van der Waals surface area (Å²) in [5, 5.41) is 0. The summed E-state index contributed by atoms with van der Waals surface area (Å²) in [7, 11) is 0. The van der Waals surface area contributed by atoms with E-state index in [1.54, 1.807) is 5.57 Å². The predicted molar refractivity (Wildman–Crippen MR) is 53.0 cm³/mol. The Labute approximate surface area is 75.4 Å². The summed E-state index contributed by atoms with van der Waals surface area (Å²) in [5.41, 5.74) is 1.72. The van der Waals surface area contributed by atoms with Gasteiger partial charge in [-0.2, -0.15) is 0 Å². The van der Waals surface area contributed by atoms with Gasteiger partial charge in [0, 0.05) is 0 Å². The maximum Gasteiger partial charge on any atom is -0.0137 e. The topological polar surface area (TPSA) is 0 Å². The predicted octanol–water partition coefficient (Wildman–Crippen LogP) is 3.70. The molecule has 0 N–H and O–H groups in total. The number of rotatable bonds is 2. The van der Waals surface area contributed by atoms with E-state index < -0.39 is 0 Å². The minimum absolute atomic E-state index is 0.900. The highest BCUT2D eigenvalue weighted by Gasteiger charge is 2.28. The molecule has 0 nitrogen and oxygen atoms in total. The van der Waals surface area contributed by atoms with Crippen LogP contribution < -0.4 is 0 Å². The highest BCUT2D eigenvalue weighted by atomic mass is 14.3. The Morgan fingerprint density at radius 3 is 3.17 bits per heavy atom. The summed E-state index contributed by atoms with van der Waals surface area (Å²) in [6, 6.07) is 0. The average molecular weight is 162 g/mol. The Kier molecular flexibility index (Phi) is 2.34. The van der Waals surface area contributed by atoms with Crippen molar-refractivity contribution in [3.63, 3.8) is 0 Å². The Morgan fingerprint density at radius 1 is 1.42 bits per heavy atom. The lowest BCUT2D eigenvalue weighted by atomic mass is 9.83. The first kappa shape index (κ1) is 8.10. The van der Waals surface area contributed by atoms with E-state index in [2.05, 4.69) is 25.2 Å². The normalized spacial score (nSPS) is 33.2. The van der Waals surface area contributed by atoms with E-state index in [9.17, 15) is 0 Å². The van der Waals surface area contributed by atoms with Gasteiger partial charge in [-0.3, -0.25) is 0 Å². The van der Waals surface area contributed by atoms with E-state index in [-0.39, 0.29) is 0 Å². The van der Waals surface area contributed by atoms with E-state index in [1.807, 2.05) is 0 Å². The molecule has 0 heterocycles. The molecule has 2 aliphatic rings. The zero-order valence-corrected chi connectivity index (χ0v) is 7.92. The summed E-state index contributed by atoms with van der Waals surface area (Å²) in [6.07, 6.45) is 14.0. The minimum Gasteiger partial charge on any atom is -0.0808 e. The number of hydrogen-bond donors (Lipinski definition) is 0. The van der Waals surface area contributed by atoms with Crippen molar-refractivity contribution < 1.29 is 0 Å². The summed E-state index contributed by atoms with van der Waals surface area (Å²) in [5.74, 6) is 1.83. The van der Waals surface area contributed by atoms with Gasteiger partial charge in [-0.05, 0) is 31.1 Å². The molecule has 0 amide bonds. The summed E-state index contributed by atoms with van der Waals surface area (Å²) in [6.45, 7) is 2.28. The molecule has 2 rings (SSSR count). The Hall–Kier alpha value is -0.520. The quantitative estimate of drug-likeness (QED) is 0.580. The van der Waals surface area contributed by atoms with Crippen LogP contribution in [0.5, 0.6) is 0 Å². The fourth-order valence-corrected chi connectivity index (χ4v) is 2.68. The number of hydrogen-bond acceptors (Lipinski definition) is 0. The van der Waals surface area contributed by atoms with Gasteiger partial charge in [-0.25, -0.2) is 0 Å². The molecule has 0 heteroatoms. The van der Waals surface area contributed by atoms with Crippen LogP contribution in [-0.2, 0) is 0 Å². The molecule has 0 aromatic heterocycles. The average Bonchev–Trinajstić information content (AvgIpc) is 2.53. The summed E-state index contributed by atoms with van der Waals surface area (Å²) in [4.78, 5) is 0. The Bertz CT molecular complexity index is 210. The molecule has 1 fully saturated rings. The van der Waals surface area contributed by atoms with Crippen LogP contribution >= 0.6 is 0 Å². The lowest BCUT2D eigenvalue weighted by Gasteiger charge is -2.22. The Morgan fingerprint density at radius 2 is 2.33 bits per heavy atom. The molecule has 66 valence electrons. The number of allylic oxidation sites excluding steroid dienone is 4. The molecule has 2 unspecified atom stereocenters. The summed E-state index contributed by atoms with van der Waals surface area (Å²) >= 11 is 0. The monoisotopic (exact) mass is 162 g/mol. The molecule has 0 saturated heterocycles. The molecule has 2 aliphatic carbocycles. The third kappa shape index (κ3) is 1.35. The van der Waals surface area contributed by atoms with Gasteiger partial charge in [0.25, 0.3) is 0 Å². The third-order valence-electron chi connectivity index (χ3n) is 3.25. The maximum atomic E-state index is 2.41. The van der Waals surface area contributed by atoms with Crippen molar-refractivity contribution in [1.82, 2.24) is 0 Å². The first-order valence-electron chi connectivity index (χ1n) is 5.29. The fraction of sp³-hybridized carbons (Fsp3) is 0.667. The SMILES string of the molecule is CCCC1=CC=CC2CCCC12. The molecule has 0 aromatic carbocycles. The second kappa shape index (κ2) is 3.47. The maximum absolute atomic E-state index is 2.41. The van der Waals surface area contributed by atoms with Gasteiger partial charge in [-0.1, -0.05) is 43.6 Å². The van der Waals surface area contributed by atoms with E-state index in [0.717, 1.165) is 11.8 Å². The second-order valence-electron chi connectivity index (χ2n) is 4.08. The lowest BCUT2D eigenvalue weighted by Crippen LogP contribution is -2.11. The van der Waals surface area contributed by atoms with Crippen molar-refractivity contribution in [2.45, 2.75) is 39.0 Å². The molecular formula is C12H18. The van der Waals surface area contributed by atoms with Crippen LogP contribution in [0.3, 0.4) is 0 Å². The molecule has 0 aliphatic heterocycles. The fourth-order valence-electron chi connectivity index (χ4n) is 2.68. The molecular weight excluding hydrogens is 144 g/mol. The van der Waals surface area contributed by atoms with E-state index >= 15 is 0 Å². The van der Waals surface area contributed by atoms with E-state index in [4.69, 9.17) is 0 Å². The molecule has 12 heavy (non-hydrogen) atoms. The molecule has 2 atom stereocenters. The first-order chi connectivity index (χ1) is 5.92. The van der Waals surface area contributed by atoms with Crippen LogP contribution in [0.15, 0.2) is 23.8 Å². The summed E-state index contributed by atoms with van der Waals surface area (Å²) < 4.78 is 0. The molecule has 0 radical (unpaired) electrons. The Balaban J connectivity index is 2.10. The van der Waals surface area contributed by atoms with Crippen molar-refractivity contribution in [3.05, 3.63) is 23.8 Å². The van der Waals surface area contributed by atoms with Crippen molar-refractivity contribution in [2.24, 2.45) is 11.8 Å². The number of fused-ring (bicyclic) bond motifs is 1. The van der Waals surface area contributed by atoms with Gasteiger partial charge < -0.3 is 0 Å². The molecule has 0 bridgehead atoms. The highest BCUT2D eigenvalue weighted by Crippen LogP contribution is 2.41. The zero-order valence-electron chi connectivity index (χ0n) is 7.92. The van der Waals surface area contributed by atoms with Gasteiger partial charge in [0.05, 0.1) is 0 Å². The van der Waals surface area contributed by atoms with Crippen LogP contribution in [0.2, 0.25) is 0 Å². The van der Waals surface area contributed by atoms with Crippen LogP contribution in [0.25, 0.3) is 0 Å². The minimum atomic E-state index is 0.900. The third-order valence-corrected chi connectivity index (χ3v) is 3.25. The van der Waals surface area contributed by atoms with E-state index in [0.29, 0.717) is 0 Å². The lowest BCUT2D eigenvalue weighted by molar-refractivity contribution is 0.503. The van der Waals surface area contributed by atoms with E-state index in [1.165, 1.54) is 32.1 Å². The van der Waals surface area contributed by atoms with Crippen LogP contribution in [0.4, 0.5) is 0 Å². The van der Waals surface area contributed by atoms with Gasteiger partial charge in [0.15, 0.2) is 0 Å². The van der Waals surface area contributed by atoms with Crippen molar-refractivity contribution in [2.75, 3.05) is 0 Å². The zero-order chi connectivity index (χ0) is 8.39. The molecule has 1 saturated carbocycles. The van der Waals surface area contributed by atoms with Crippen LogP contribution in [0, 0.1) is 11.8 Å². The van der Waals surface area contributed by atoms with Gasteiger partial charge in [-0.15, -0.1) is 0 Å². The largest absolute Gasteiger partial charge is 0.0808 e. The highest BCUT2D eigenvalue weighted by molar-refractivity contribution is 5.24. The van der Waals surface area contributed by atoms with Crippen LogP contribution in [-0.4, -0.2) is 0 Å². The standard InChI is InChI=1S/C12H18/c1-2-5-10-6-3-7-11-8-4-9-12(10)11/h3,6-7,11-12H,2,4-5,8-9H2,1H3. The van der Waals surface area contributed by atoms with Crippen molar-refractivity contribution in [3.8, 4) is 0 Å². The van der Waals surface area contributed by atoms with Gasteiger partial charge >= 0.3 is 0 Å². The molecule has 0 spiro atoms.